The molecular formula is C22H20N6O. The summed E-state index contributed by atoms with van der Waals surface area (Å²) >= 11 is 0. The van der Waals surface area contributed by atoms with Crippen molar-refractivity contribution < 1.29 is 4.79 Å². The minimum Gasteiger partial charge on any atom is -0.365 e. The van der Waals surface area contributed by atoms with Gasteiger partial charge >= 0.3 is 0 Å². The summed E-state index contributed by atoms with van der Waals surface area (Å²) in [7, 11) is 1.90. The van der Waals surface area contributed by atoms with Crippen molar-refractivity contribution in [3.05, 3.63) is 90.4 Å². The number of para-hydroxylation sites is 1. The predicted octanol–water partition coefficient (Wildman–Crippen LogP) is 3.74. The minimum absolute atomic E-state index is 0.262. The number of nitrogens with one attached hydrogen (secondary N) is 2. The van der Waals surface area contributed by atoms with Gasteiger partial charge in [0.2, 0.25) is 0 Å². The summed E-state index contributed by atoms with van der Waals surface area (Å²) in [5.74, 6) is 0.312. The van der Waals surface area contributed by atoms with Gasteiger partial charge in [-0.2, -0.15) is 5.10 Å². The van der Waals surface area contributed by atoms with Crippen molar-refractivity contribution in [1.82, 2.24) is 20.0 Å². The number of nitrogens with zero attached hydrogens (tertiary/aromatic N) is 4. The van der Waals surface area contributed by atoms with Crippen LogP contribution in [0.1, 0.15) is 16.1 Å². The zero-order chi connectivity index (χ0) is 20.1. The van der Waals surface area contributed by atoms with E-state index >= 15 is 0 Å². The monoisotopic (exact) mass is 384 g/mol. The van der Waals surface area contributed by atoms with Crippen LogP contribution in [-0.2, 0) is 13.6 Å². The highest BCUT2D eigenvalue weighted by Crippen LogP contribution is 2.20. The quantitative estimate of drug-likeness (QED) is 0.529. The lowest BCUT2D eigenvalue weighted by atomic mass is 10.1. The Bertz CT molecular complexity index is 1110. The SMILES string of the molecule is Cn1cc(-c2cccc(CNc3ccc(C(=O)Nc4ccccc4)nn3)c2)cn1. The summed E-state index contributed by atoms with van der Waals surface area (Å²) in [6.07, 6.45) is 3.83. The van der Waals surface area contributed by atoms with Gasteiger partial charge in [-0.1, -0.05) is 36.4 Å². The third kappa shape index (κ3) is 4.65. The first-order valence-corrected chi connectivity index (χ1v) is 9.19. The molecular weight excluding hydrogens is 364 g/mol. The average Bonchev–Trinajstić information content (AvgIpc) is 3.20. The standard InChI is InChI=1S/C22H20N6O/c1-28-15-18(14-24-28)17-7-5-6-16(12-17)13-23-21-11-10-20(26-27-21)22(29)25-19-8-3-2-4-9-19/h2-12,14-15H,13H2,1H3,(H,23,27)(H,25,29). The van der Waals surface area contributed by atoms with E-state index in [0.717, 1.165) is 22.4 Å². The molecule has 0 aliphatic carbocycles. The molecule has 7 nitrogen and oxygen atoms in total. The smallest absolute Gasteiger partial charge is 0.276 e. The van der Waals surface area contributed by atoms with Crippen LogP contribution < -0.4 is 10.6 Å². The first kappa shape index (κ1) is 18.4. The van der Waals surface area contributed by atoms with Crippen LogP contribution in [0.3, 0.4) is 0 Å². The number of amides is 1. The number of rotatable bonds is 6. The van der Waals surface area contributed by atoms with E-state index in [9.17, 15) is 4.79 Å². The van der Waals surface area contributed by atoms with Gasteiger partial charge in [0.25, 0.3) is 5.91 Å². The number of aryl methyl sites for hydroxylation is 1. The van der Waals surface area contributed by atoms with E-state index in [2.05, 4.69) is 38.1 Å². The van der Waals surface area contributed by atoms with Gasteiger partial charge in [-0.05, 0) is 41.5 Å². The molecule has 0 unspecified atom stereocenters. The Kier molecular flexibility index (Phi) is 5.29. The van der Waals surface area contributed by atoms with Crippen molar-refractivity contribution in [3.8, 4) is 11.1 Å². The Morgan fingerprint density at radius 3 is 2.55 bits per heavy atom. The molecule has 7 heteroatoms. The molecule has 4 rings (SSSR count). The lowest BCUT2D eigenvalue weighted by Crippen LogP contribution is -2.14. The molecule has 0 atom stereocenters. The first-order valence-electron chi connectivity index (χ1n) is 9.19. The van der Waals surface area contributed by atoms with Gasteiger partial charge in [0.15, 0.2) is 5.69 Å². The lowest BCUT2D eigenvalue weighted by Gasteiger charge is -2.08. The Labute approximate surface area is 168 Å². The van der Waals surface area contributed by atoms with Crippen molar-refractivity contribution in [2.24, 2.45) is 7.05 Å². The van der Waals surface area contributed by atoms with E-state index in [0.29, 0.717) is 12.4 Å². The molecule has 0 saturated heterocycles. The summed E-state index contributed by atoms with van der Waals surface area (Å²) in [4.78, 5) is 12.2. The zero-order valence-electron chi connectivity index (χ0n) is 15.9. The molecule has 4 aromatic rings. The van der Waals surface area contributed by atoms with Crippen molar-refractivity contribution in [2.45, 2.75) is 6.54 Å². The normalized spacial score (nSPS) is 10.5. The second-order valence-corrected chi connectivity index (χ2v) is 6.58. The number of aromatic nitrogens is 4. The van der Waals surface area contributed by atoms with E-state index in [4.69, 9.17) is 0 Å². The molecule has 29 heavy (non-hydrogen) atoms. The molecule has 0 spiro atoms. The van der Waals surface area contributed by atoms with Crippen LogP contribution in [0.15, 0.2) is 79.1 Å². The van der Waals surface area contributed by atoms with Crippen LogP contribution in [0.2, 0.25) is 0 Å². The van der Waals surface area contributed by atoms with Gasteiger partial charge in [0.05, 0.1) is 6.20 Å². The zero-order valence-corrected chi connectivity index (χ0v) is 15.9. The Morgan fingerprint density at radius 2 is 1.83 bits per heavy atom. The molecule has 0 aliphatic rings. The molecule has 1 amide bonds. The van der Waals surface area contributed by atoms with Crippen LogP contribution in [0.25, 0.3) is 11.1 Å². The number of hydrogen-bond acceptors (Lipinski definition) is 5. The highest BCUT2D eigenvalue weighted by molar-refractivity contribution is 6.02. The molecule has 2 N–H and O–H groups in total. The van der Waals surface area contributed by atoms with E-state index in [1.165, 1.54) is 0 Å². The fraction of sp³-hybridized carbons (Fsp3) is 0.0909. The minimum atomic E-state index is -0.292. The summed E-state index contributed by atoms with van der Waals surface area (Å²) in [6.45, 7) is 0.596. The molecule has 2 aromatic carbocycles. The van der Waals surface area contributed by atoms with E-state index < -0.39 is 0 Å². The van der Waals surface area contributed by atoms with E-state index in [-0.39, 0.29) is 11.6 Å². The number of carbonyl (C=O) groups excluding carboxylic acids is 1. The molecule has 0 aliphatic heterocycles. The number of hydrogen-bond donors (Lipinski definition) is 2. The molecule has 144 valence electrons. The topological polar surface area (TPSA) is 84.7 Å². The van der Waals surface area contributed by atoms with Crippen molar-refractivity contribution in [1.29, 1.82) is 0 Å². The van der Waals surface area contributed by atoms with Gasteiger partial charge in [0, 0.05) is 31.0 Å². The molecule has 0 radical (unpaired) electrons. The van der Waals surface area contributed by atoms with Crippen LogP contribution in [-0.4, -0.2) is 25.9 Å². The maximum Gasteiger partial charge on any atom is 0.276 e. The number of carbonyl (C=O) groups is 1. The Balaban J connectivity index is 1.37. The van der Waals surface area contributed by atoms with E-state index in [1.54, 1.807) is 16.8 Å². The van der Waals surface area contributed by atoms with Crippen LogP contribution in [0.4, 0.5) is 11.5 Å². The van der Waals surface area contributed by atoms with Gasteiger partial charge in [0.1, 0.15) is 5.82 Å². The van der Waals surface area contributed by atoms with Gasteiger partial charge in [-0.15, -0.1) is 10.2 Å². The predicted molar refractivity (Wildman–Crippen MR) is 112 cm³/mol. The van der Waals surface area contributed by atoms with Gasteiger partial charge in [-0.25, -0.2) is 0 Å². The highest BCUT2D eigenvalue weighted by Gasteiger charge is 2.09. The van der Waals surface area contributed by atoms with Crippen molar-refractivity contribution in [3.63, 3.8) is 0 Å². The molecule has 2 heterocycles. The fourth-order valence-corrected chi connectivity index (χ4v) is 2.89. The lowest BCUT2D eigenvalue weighted by molar-refractivity contribution is 0.102. The summed E-state index contributed by atoms with van der Waals surface area (Å²) in [5.41, 5.74) is 4.27. The number of benzene rings is 2. The van der Waals surface area contributed by atoms with Crippen LogP contribution in [0, 0.1) is 0 Å². The van der Waals surface area contributed by atoms with Crippen LogP contribution in [0.5, 0.6) is 0 Å². The summed E-state index contributed by atoms with van der Waals surface area (Å²) < 4.78 is 1.78. The molecule has 0 fully saturated rings. The maximum absolute atomic E-state index is 12.2. The third-order valence-electron chi connectivity index (χ3n) is 4.37. The maximum atomic E-state index is 12.2. The van der Waals surface area contributed by atoms with Crippen LogP contribution >= 0.6 is 0 Å². The second kappa shape index (κ2) is 8.35. The molecule has 0 bridgehead atoms. The highest BCUT2D eigenvalue weighted by atomic mass is 16.1. The number of anilines is 2. The fourth-order valence-electron chi connectivity index (χ4n) is 2.89. The average molecular weight is 384 g/mol. The molecule has 2 aromatic heterocycles. The first-order chi connectivity index (χ1) is 14.2. The van der Waals surface area contributed by atoms with E-state index in [1.807, 2.05) is 61.9 Å². The van der Waals surface area contributed by atoms with Gasteiger partial charge < -0.3 is 10.6 Å². The van der Waals surface area contributed by atoms with Crippen molar-refractivity contribution in [2.75, 3.05) is 10.6 Å². The van der Waals surface area contributed by atoms with Gasteiger partial charge in [-0.3, -0.25) is 9.48 Å². The Hall–Kier alpha value is -4.00. The summed E-state index contributed by atoms with van der Waals surface area (Å²) in [6, 6.07) is 20.9. The third-order valence-corrected chi connectivity index (χ3v) is 4.37. The van der Waals surface area contributed by atoms with Crippen molar-refractivity contribution >= 4 is 17.4 Å². The molecule has 0 saturated carbocycles. The Morgan fingerprint density at radius 1 is 0.966 bits per heavy atom. The largest absolute Gasteiger partial charge is 0.365 e. The second-order valence-electron chi connectivity index (χ2n) is 6.58. The summed E-state index contributed by atoms with van der Waals surface area (Å²) in [5, 5.41) is 18.4.